The fourth-order valence-corrected chi connectivity index (χ4v) is 4.07. The molecule has 0 radical (unpaired) electrons. The zero-order valence-corrected chi connectivity index (χ0v) is 16.8. The molecule has 1 atom stereocenters. The van der Waals surface area contributed by atoms with Crippen molar-refractivity contribution in [1.82, 2.24) is 9.80 Å². The SMILES string of the molecule is COc1ccc(CN2CCN(Cc3cccc(C)c3)CC2CCO)cc1C. The largest absolute Gasteiger partial charge is 0.496 e. The second kappa shape index (κ2) is 9.36. The molecule has 1 N–H and O–H groups in total. The van der Waals surface area contributed by atoms with Gasteiger partial charge in [-0.15, -0.1) is 0 Å². The Labute approximate surface area is 163 Å². The monoisotopic (exact) mass is 368 g/mol. The molecular formula is C23H32N2O2. The highest BCUT2D eigenvalue weighted by atomic mass is 16.5. The average Bonchev–Trinajstić information content (AvgIpc) is 2.64. The first-order valence-corrected chi connectivity index (χ1v) is 9.85. The second-order valence-corrected chi connectivity index (χ2v) is 7.66. The van der Waals surface area contributed by atoms with E-state index in [0.717, 1.165) is 44.9 Å². The minimum Gasteiger partial charge on any atom is -0.496 e. The highest BCUT2D eigenvalue weighted by Crippen LogP contribution is 2.22. The average molecular weight is 369 g/mol. The van der Waals surface area contributed by atoms with Crippen LogP contribution in [0, 0.1) is 13.8 Å². The summed E-state index contributed by atoms with van der Waals surface area (Å²) in [7, 11) is 1.72. The molecule has 0 bridgehead atoms. The van der Waals surface area contributed by atoms with Crippen molar-refractivity contribution >= 4 is 0 Å². The number of piperazine rings is 1. The third kappa shape index (κ3) is 5.32. The van der Waals surface area contributed by atoms with Crippen LogP contribution in [-0.2, 0) is 13.1 Å². The first-order valence-electron chi connectivity index (χ1n) is 9.85. The van der Waals surface area contributed by atoms with Gasteiger partial charge in [-0.1, -0.05) is 42.0 Å². The molecule has 1 fully saturated rings. The van der Waals surface area contributed by atoms with E-state index in [1.54, 1.807) is 7.11 Å². The number of ether oxygens (including phenoxy) is 1. The minimum atomic E-state index is 0.237. The summed E-state index contributed by atoms with van der Waals surface area (Å²) in [6, 6.07) is 15.6. The third-order valence-corrected chi connectivity index (χ3v) is 5.48. The maximum atomic E-state index is 9.57. The van der Waals surface area contributed by atoms with Gasteiger partial charge in [-0.25, -0.2) is 0 Å². The molecule has 1 saturated heterocycles. The highest BCUT2D eigenvalue weighted by Gasteiger charge is 2.26. The summed E-state index contributed by atoms with van der Waals surface area (Å²) in [5.41, 5.74) is 5.17. The van der Waals surface area contributed by atoms with Crippen molar-refractivity contribution in [2.45, 2.75) is 39.4 Å². The van der Waals surface area contributed by atoms with Crippen molar-refractivity contribution in [3.05, 3.63) is 64.7 Å². The molecule has 1 unspecified atom stereocenters. The summed E-state index contributed by atoms with van der Waals surface area (Å²) in [6.07, 6.45) is 0.819. The van der Waals surface area contributed by atoms with Gasteiger partial charge in [0.2, 0.25) is 0 Å². The number of nitrogens with zero attached hydrogens (tertiary/aromatic N) is 2. The zero-order chi connectivity index (χ0) is 19.2. The Morgan fingerprint density at radius 2 is 1.85 bits per heavy atom. The van der Waals surface area contributed by atoms with Crippen molar-refractivity contribution in [1.29, 1.82) is 0 Å². The van der Waals surface area contributed by atoms with Gasteiger partial charge in [-0.3, -0.25) is 9.80 Å². The Morgan fingerprint density at radius 1 is 1.04 bits per heavy atom. The van der Waals surface area contributed by atoms with Crippen molar-refractivity contribution in [2.24, 2.45) is 0 Å². The standard InChI is InChI=1S/C23H32N2O2/c1-18-5-4-6-20(13-18)15-24-10-11-25(22(17-24)9-12-26)16-21-7-8-23(27-3)19(2)14-21/h4-8,13-14,22,26H,9-12,15-17H2,1-3H3. The maximum absolute atomic E-state index is 9.57. The van der Waals surface area contributed by atoms with E-state index in [9.17, 15) is 5.11 Å². The van der Waals surface area contributed by atoms with Crippen LogP contribution in [0.25, 0.3) is 0 Å². The Balaban J connectivity index is 1.64. The van der Waals surface area contributed by atoms with Crippen molar-refractivity contribution in [3.8, 4) is 5.75 Å². The van der Waals surface area contributed by atoms with E-state index in [2.05, 4.69) is 66.1 Å². The number of methoxy groups -OCH3 is 1. The van der Waals surface area contributed by atoms with Gasteiger partial charge in [0, 0.05) is 45.4 Å². The first-order chi connectivity index (χ1) is 13.1. The Hall–Kier alpha value is -1.88. The molecule has 27 heavy (non-hydrogen) atoms. The van der Waals surface area contributed by atoms with Crippen LogP contribution in [-0.4, -0.2) is 54.3 Å². The van der Waals surface area contributed by atoms with Crippen LogP contribution in [0.4, 0.5) is 0 Å². The van der Waals surface area contributed by atoms with Crippen LogP contribution < -0.4 is 4.74 Å². The van der Waals surface area contributed by atoms with Gasteiger partial charge in [0.05, 0.1) is 7.11 Å². The molecule has 1 heterocycles. The number of rotatable bonds is 7. The summed E-state index contributed by atoms with van der Waals surface area (Å²) >= 11 is 0. The fourth-order valence-electron chi connectivity index (χ4n) is 4.07. The van der Waals surface area contributed by atoms with Gasteiger partial charge in [0.15, 0.2) is 0 Å². The summed E-state index contributed by atoms with van der Waals surface area (Å²) in [4.78, 5) is 5.04. The number of aliphatic hydroxyl groups excluding tert-OH is 1. The number of aryl methyl sites for hydroxylation is 2. The van der Waals surface area contributed by atoms with Gasteiger partial charge in [0.25, 0.3) is 0 Å². The molecule has 0 amide bonds. The smallest absolute Gasteiger partial charge is 0.121 e. The molecule has 0 aliphatic carbocycles. The van der Waals surface area contributed by atoms with Crippen LogP contribution in [0.5, 0.6) is 5.75 Å². The second-order valence-electron chi connectivity index (χ2n) is 7.66. The molecule has 146 valence electrons. The molecule has 4 nitrogen and oxygen atoms in total. The Bertz CT molecular complexity index is 747. The van der Waals surface area contributed by atoms with E-state index >= 15 is 0 Å². The number of aliphatic hydroxyl groups is 1. The lowest BCUT2D eigenvalue weighted by atomic mass is 10.0. The van der Waals surface area contributed by atoms with Gasteiger partial charge < -0.3 is 9.84 Å². The Morgan fingerprint density at radius 3 is 2.56 bits per heavy atom. The summed E-state index contributed by atoms with van der Waals surface area (Å²) < 4.78 is 5.38. The van der Waals surface area contributed by atoms with Crippen LogP contribution in [0.3, 0.4) is 0 Å². The van der Waals surface area contributed by atoms with E-state index in [4.69, 9.17) is 4.74 Å². The predicted molar refractivity (Wildman–Crippen MR) is 110 cm³/mol. The number of benzene rings is 2. The minimum absolute atomic E-state index is 0.237. The van der Waals surface area contributed by atoms with Crippen LogP contribution in [0.1, 0.15) is 28.7 Å². The normalized spacial score (nSPS) is 18.6. The third-order valence-electron chi connectivity index (χ3n) is 5.48. The molecule has 0 spiro atoms. The molecule has 2 aromatic rings. The Kier molecular flexibility index (Phi) is 6.89. The number of hydrogen-bond acceptors (Lipinski definition) is 4. The van der Waals surface area contributed by atoms with Gasteiger partial charge in [-0.05, 0) is 43.0 Å². The molecule has 3 rings (SSSR count). The van der Waals surface area contributed by atoms with Crippen molar-refractivity contribution in [2.75, 3.05) is 33.4 Å². The highest BCUT2D eigenvalue weighted by molar-refractivity contribution is 5.36. The van der Waals surface area contributed by atoms with Crippen LogP contribution in [0.2, 0.25) is 0 Å². The topological polar surface area (TPSA) is 35.9 Å². The first kappa shape index (κ1) is 19.9. The summed E-state index contributed by atoms with van der Waals surface area (Å²) in [5.74, 6) is 0.939. The van der Waals surface area contributed by atoms with Crippen LogP contribution in [0.15, 0.2) is 42.5 Å². The number of hydrogen-bond donors (Lipinski definition) is 1. The molecule has 4 heteroatoms. The van der Waals surface area contributed by atoms with E-state index in [0.29, 0.717) is 6.04 Å². The van der Waals surface area contributed by atoms with Gasteiger partial charge in [-0.2, -0.15) is 0 Å². The molecule has 1 aliphatic rings. The lowest BCUT2D eigenvalue weighted by Crippen LogP contribution is -2.52. The molecular weight excluding hydrogens is 336 g/mol. The molecule has 0 aromatic heterocycles. The van der Waals surface area contributed by atoms with Crippen molar-refractivity contribution < 1.29 is 9.84 Å². The zero-order valence-electron chi connectivity index (χ0n) is 16.8. The maximum Gasteiger partial charge on any atom is 0.121 e. The fraction of sp³-hybridized carbons (Fsp3) is 0.478. The predicted octanol–water partition coefficient (Wildman–Crippen LogP) is 3.38. The van der Waals surface area contributed by atoms with Gasteiger partial charge in [0.1, 0.15) is 5.75 Å². The lowest BCUT2D eigenvalue weighted by Gasteiger charge is -2.41. The van der Waals surface area contributed by atoms with E-state index in [1.165, 1.54) is 22.3 Å². The van der Waals surface area contributed by atoms with Crippen molar-refractivity contribution in [3.63, 3.8) is 0 Å². The summed E-state index contributed by atoms with van der Waals surface area (Å²) in [6.45, 7) is 9.48. The molecule has 1 aliphatic heterocycles. The summed E-state index contributed by atoms with van der Waals surface area (Å²) in [5, 5.41) is 9.57. The quantitative estimate of drug-likeness (QED) is 0.813. The van der Waals surface area contributed by atoms with Crippen LogP contribution >= 0.6 is 0 Å². The van der Waals surface area contributed by atoms with Gasteiger partial charge >= 0.3 is 0 Å². The molecule has 0 saturated carbocycles. The lowest BCUT2D eigenvalue weighted by molar-refractivity contribution is 0.0499. The van der Waals surface area contributed by atoms with E-state index in [-0.39, 0.29) is 6.61 Å². The molecule has 2 aromatic carbocycles. The van der Waals surface area contributed by atoms with E-state index in [1.807, 2.05) is 0 Å². The van der Waals surface area contributed by atoms with E-state index < -0.39 is 0 Å².